The molecule has 0 aromatic heterocycles. The molecule has 5 N–H and O–H groups in total. The Morgan fingerprint density at radius 3 is 2.20 bits per heavy atom. The van der Waals surface area contributed by atoms with Crippen molar-refractivity contribution in [3.05, 3.63) is 0 Å². The fourth-order valence-electron chi connectivity index (χ4n) is 6.18. The Morgan fingerprint density at radius 1 is 1.05 bits per heavy atom. The molecule has 6 atom stereocenters. The summed E-state index contributed by atoms with van der Waals surface area (Å²) in [5, 5.41) is 13.6. The zero-order valence-corrected chi connectivity index (χ0v) is 25.9. The van der Waals surface area contributed by atoms with Gasteiger partial charge in [-0.3, -0.25) is 24.0 Å². The summed E-state index contributed by atoms with van der Waals surface area (Å²) in [6.07, 6.45) is 0.486. The molecule has 3 fully saturated rings. The van der Waals surface area contributed by atoms with Crippen LogP contribution in [0.2, 0.25) is 0 Å². The average molecular weight is 577 g/mol. The van der Waals surface area contributed by atoms with Gasteiger partial charge in [-0.2, -0.15) is 0 Å². The van der Waals surface area contributed by atoms with E-state index in [2.05, 4.69) is 26.6 Å². The van der Waals surface area contributed by atoms with E-state index in [1.807, 2.05) is 55.4 Å². The first-order valence-corrected chi connectivity index (χ1v) is 14.6. The molecule has 0 radical (unpaired) electrons. The van der Waals surface area contributed by atoms with Crippen LogP contribution in [0.5, 0.6) is 0 Å². The molecule has 12 nitrogen and oxygen atoms in total. The van der Waals surface area contributed by atoms with E-state index in [-0.39, 0.29) is 42.0 Å². The Labute approximate surface area is 242 Å². The third-order valence-corrected chi connectivity index (χ3v) is 8.51. The molecule has 0 aromatic carbocycles. The highest BCUT2D eigenvalue weighted by atomic mass is 16.2. The van der Waals surface area contributed by atoms with Gasteiger partial charge in [0.1, 0.15) is 12.1 Å². The van der Waals surface area contributed by atoms with E-state index in [0.717, 1.165) is 0 Å². The average Bonchev–Trinajstić information content (AvgIpc) is 3.17. The summed E-state index contributed by atoms with van der Waals surface area (Å²) in [6, 6.07) is -3.51. The van der Waals surface area contributed by atoms with Gasteiger partial charge in [0, 0.05) is 31.1 Å². The Kier molecular flexibility index (Phi) is 9.15. The van der Waals surface area contributed by atoms with Crippen LogP contribution >= 0.6 is 0 Å². The molecule has 6 amide bonds. The van der Waals surface area contributed by atoms with Crippen molar-refractivity contribution in [3.63, 3.8) is 0 Å². The van der Waals surface area contributed by atoms with Crippen molar-refractivity contribution in [2.45, 2.75) is 98.8 Å². The molecule has 3 rings (SSSR count). The maximum absolute atomic E-state index is 14.0. The van der Waals surface area contributed by atoms with Gasteiger partial charge in [-0.25, -0.2) is 4.79 Å². The fourth-order valence-corrected chi connectivity index (χ4v) is 6.18. The quantitative estimate of drug-likeness (QED) is 0.254. The molecule has 2 heterocycles. The summed E-state index contributed by atoms with van der Waals surface area (Å²) in [5.74, 6) is -3.38. The summed E-state index contributed by atoms with van der Waals surface area (Å²) in [7, 11) is 0. The van der Waals surface area contributed by atoms with Crippen molar-refractivity contribution in [3.8, 4) is 0 Å². The molecule has 2 saturated heterocycles. The van der Waals surface area contributed by atoms with E-state index in [9.17, 15) is 28.8 Å². The second-order valence-corrected chi connectivity index (χ2v) is 14.3. The van der Waals surface area contributed by atoms with Crippen molar-refractivity contribution in [1.29, 1.82) is 0 Å². The number of ketones is 1. The predicted molar refractivity (Wildman–Crippen MR) is 152 cm³/mol. The summed E-state index contributed by atoms with van der Waals surface area (Å²) < 4.78 is 0. The molecule has 3 unspecified atom stereocenters. The van der Waals surface area contributed by atoms with Crippen molar-refractivity contribution in [1.82, 2.24) is 31.5 Å². The van der Waals surface area contributed by atoms with Crippen LogP contribution < -0.4 is 26.6 Å². The second-order valence-electron chi connectivity index (χ2n) is 14.3. The molecule has 0 spiro atoms. The minimum Gasteiger partial charge on any atom is -0.356 e. The third kappa shape index (κ3) is 7.19. The lowest BCUT2D eigenvalue weighted by molar-refractivity contribution is -0.145. The normalized spacial score (nSPS) is 26.3. The lowest BCUT2D eigenvalue weighted by Gasteiger charge is -2.38. The lowest BCUT2D eigenvalue weighted by Crippen LogP contribution is -2.62. The number of likely N-dealkylation sites (tertiary alicyclic amines) is 1. The number of fused-ring (bicyclic) bond motifs is 1. The number of hydrogen-bond donors (Lipinski definition) is 5. The Hall–Kier alpha value is -3.18. The third-order valence-electron chi connectivity index (χ3n) is 8.51. The molecule has 3 aliphatic rings. The van der Waals surface area contributed by atoms with E-state index in [4.69, 9.17) is 0 Å². The number of piperidine rings is 1. The maximum atomic E-state index is 14.0. The van der Waals surface area contributed by atoms with E-state index in [1.54, 1.807) is 6.92 Å². The molecule has 41 heavy (non-hydrogen) atoms. The number of urea groups is 1. The minimum absolute atomic E-state index is 0.00909. The van der Waals surface area contributed by atoms with Gasteiger partial charge < -0.3 is 31.5 Å². The summed E-state index contributed by atoms with van der Waals surface area (Å²) >= 11 is 0. The molecule has 0 aromatic rings. The van der Waals surface area contributed by atoms with Gasteiger partial charge in [0.15, 0.2) is 0 Å². The van der Waals surface area contributed by atoms with E-state index < -0.39 is 58.6 Å². The van der Waals surface area contributed by atoms with Crippen molar-refractivity contribution in [2.24, 2.45) is 28.6 Å². The van der Waals surface area contributed by atoms with Crippen LogP contribution in [0, 0.1) is 28.6 Å². The molecular formula is C29H48N6O6. The number of carbonyl (C=O) groups excluding carboxylic acids is 6. The molecule has 1 aliphatic carbocycles. The Bertz CT molecular complexity index is 1090. The first-order valence-electron chi connectivity index (χ1n) is 14.6. The van der Waals surface area contributed by atoms with Crippen molar-refractivity contribution >= 4 is 35.4 Å². The summed E-state index contributed by atoms with van der Waals surface area (Å²) in [6.45, 7) is 17.9. The van der Waals surface area contributed by atoms with E-state index in [0.29, 0.717) is 19.5 Å². The van der Waals surface area contributed by atoms with Crippen LogP contribution in [0.4, 0.5) is 4.79 Å². The minimum atomic E-state index is -1.21. The molecule has 1 saturated carbocycles. The zero-order chi connectivity index (χ0) is 31.1. The zero-order valence-electron chi connectivity index (χ0n) is 25.9. The standard InChI is InChI=1S/C29H48N6O6/c1-10-30-24(39)20(36)17(13-15-11-12-31-22(15)37)32-23(38)19-18-16(29(18,8)9)14-35(19)25(40)21(27(2,3)4)33-26(41)34-28(5,6)7/h15-19,21H,10-14H2,1-9H3,(H,30,39)(H,31,37)(H,32,38)(H2,33,34,41)/t15?,16-,17?,18-,19-,21?/m0/s1. The predicted octanol–water partition coefficient (Wildman–Crippen LogP) is 0.698. The molecule has 230 valence electrons. The Morgan fingerprint density at radius 2 is 1.68 bits per heavy atom. The fraction of sp³-hybridized carbons (Fsp3) is 0.793. The lowest BCUT2D eigenvalue weighted by atomic mass is 9.85. The van der Waals surface area contributed by atoms with Crippen molar-refractivity contribution < 1.29 is 28.8 Å². The molecular weight excluding hydrogens is 528 g/mol. The van der Waals surface area contributed by atoms with Crippen LogP contribution in [0.25, 0.3) is 0 Å². The number of rotatable bonds is 9. The number of nitrogens with zero attached hydrogens (tertiary/aromatic N) is 1. The smallest absolute Gasteiger partial charge is 0.315 e. The monoisotopic (exact) mass is 576 g/mol. The van der Waals surface area contributed by atoms with Crippen LogP contribution in [0.3, 0.4) is 0 Å². The molecule has 12 heteroatoms. The SMILES string of the molecule is CCNC(=O)C(=O)C(CC1CCNC1=O)NC(=O)[C@@H]1[C@@H]2[C@H](CN1C(=O)C(NC(=O)NC(C)(C)C)C(C)(C)C)C2(C)C. The highest BCUT2D eigenvalue weighted by Crippen LogP contribution is 2.65. The van der Waals surface area contributed by atoms with E-state index >= 15 is 0 Å². The number of hydrogen-bond acceptors (Lipinski definition) is 6. The largest absolute Gasteiger partial charge is 0.356 e. The van der Waals surface area contributed by atoms with Crippen LogP contribution in [0.15, 0.2) is 0 Å². The van der Waals surface area contributed by atoms with Gasteiger partial charge in [-0.05, 0) is 63.2 Å². The maximum Gasteiger partial charge on any atom is 0.315 e. The highest BCUT2D eigenvalue weighted by molar-refractivity contribution is 6.38. The number of nitrogens with one attached hydrogen (secondary N) is 5. The van der Waals surface area contributed by atoms with Crippen LogP contribution in [-0.2, 0) is 24.0 Å². The van der Waals surface area contributed by atoms with Crippen LogP contribution in [0.1, 0.15) is 75.2 Å². The number of amides is 6. The molecule has 0 bridgehead atoms. The number of carbonyl (C=O) groups is 6. The van der Waals surface area contributed by atoms with Gasteiger partial charge in [0.05, 0.1) is 6.04 Å². The van der Waals surface area contributed by atoms with Crippen molar-refractivity contribution in [2.75, 3.05) is 19.6 Å². The summed E-state index contributed by atoms with van der Waals surface area (Å²) in [5.41, 5.74) is -1.38. The van der Waals surface area contributed by atoms with Gasteiger partial charge in [-0.15, -0.1) is 0 Å². The topological polar surface area (TPSA) is 166 Å². The first kappa shape index (κ1) is 32.3. The second kappa shape index (κ2) is 11.6. The highest BCUT2D eigenvalue weighted by Gasteiger charge is 2.70. The van der Waals surface area contributed by atoms with Crippen LogP contribution in [-0.4, -0.2) is 83.6 Å². The van der Waals surface area contributed by atoms with Gasteiger partial charge in [0.25, 0.3) is 5.91 Å². The summed E-state index contributed by atoms with van der Waals surface area (Å²) in [4.78, 5) is 80.1. The molecule has 2 aliphatic heterocycles. The first-order chi connectivity index (χ1) is 18.8. The van der Waals surface area contributed by atoms with Gasteiger partial charge in [0.2, 0.25) is 23.5 Å². The Balaban J connectivity index is 1.87. The van der Waals surface area contributed by atoms with Gasteiger partial charge in [-0.1, -0.05) is 34.6 Å². The van der Waals surface area contributed by atoms with E-state index in [1.165, 1.54) is 4.90 Å². The van der Waals surface area contributed by atoms with Gasteiger partial charge >= 0.3 is 6.03 Å². The number of likely N-dealkylation sites (N-methyl/N-ethyl adjacent to an activating group) is 1. The number of Topliss-reactive ketones (excluding diaryl/α,β-unsaturated/α-hetero) is 1.